The minimum Gasteiger partial charge on any atom is -0.316 e. The summed E-state index contributed by atoms with van der Waals surface area (Å²) < 4.78 is 1.71. The molecule has 1 aliphatic rings. The van der Waals surface area contributed by atoms with Crippen molar-refractivity contribution < 1.29 is 4.79 Å². The van der Waals surface area contributed by atoms with Crippen molar-refractivity contribution in [1.29, 1.82) is 0 Å². The average Bonchev–Trinajstić information content (AvgIpc) is 2.83. The largest absolute Gasteiger partial charge is 0.316 e. The number of ketones is 1. The summed E-state index contributed by atoms with van der Waals surface area (Å²) in [4.78, 5) is 12.0. The highest BCUT2D eigenvalue weighted by Crippen LogP contribution is 2.21. The van der Waals surface area contributed by atoms with Crippen LogP contribution in [0.4, 0.5) is 0 Å². The number of halogens is 1. The van der Waals surface area contributed by atoms with Gasteiger partial charge >= 0.3 is 0 Å². The highest BCUT2D eigenvalue weighted by Gasteiger charge is 2.20. The molecule has 1 N–H and O–H groups in total. The molecule has 1 fully saturated rings. The summed E-state index contributed by atoms with van der Waals surface area (Å²) in [6.07, 6.45) is 2.14. The van der Waals surface area contributed by atoms with Gasteiger partial charge in [-0.05, 0) is 32.4 Å². The first-order valence-electron chi connectivity index (χ1n) is 5.98. The van der Waals surface area contributed by atoms with Gasteiger partial charge in [-0.1, -0.05) is 11.6 Å². The van der Waals surface area contributed by atoms with Crippen LogP contribution in [0.1, 0.15) is 24.2 Å². The zero-order valence-electron chi connectivity index (χ0n) is 10.3. The number of carbonyl (C=O) groups excluding carboxylic acids is 1. The van der Waals surface area contributed by atoms with Crippen LogP contribution in [-0.2, 0) is 18.3 Å². The van der Waals surface area contributed by atoms with Gasteiger partial charge in [0, 0.05) is 19.9 Å². The number of Topliss-reactive ketones (excluding diaryl/α,β-unsaturated/α-hetero) is 1. The zero-order chi connectivity index (χ0) is 12.4. The van der Waals surface area contributed by atoms with Crippen molar-refractivity contribution in [3.63, 3.8) is 0 Å². The first kappa shape index (κ1) is 12.6. The summed E-state index contributed by atoms with van der Waals surface area (Å²) in [5, 5.41) is 8.12. The molecule has 17 heavy (non-hydrogen) atoms. The fourth-order valence-corrected chi connectivity index (χ4v) is 2.57. The van der Waals surface area contributed by atoms with Crippen LogP contribution >= 0.6 is 11.6 Å². The maximum absolute atomic E-state index is 12.0. The lowest BCUT2D eigenvalue weighted by Crippen LogP contribution is -2.15. The Bertz CT molecular complexity index is 422. The van der Waals surface area contributed by atoms with E-state index in [1.54, 1.807) is 4.68 Å². The van der Waals surface area contributed by atoms with Crippen LogP contribution in [0.2, 0.25) is 5.02 Å². The molecule has 1 aliphatic heterocycles. The van der Waals surface area contributed by atoms with Crippen molar-refractivity contribution in [1.82, 2.24) is 15.1 Å². The highest BCUT2D eigenvalue weighted by molar-refractivity contribution is 6.32. The predicted octanol–water partition coefficient (Wildman–Crippen LogP) is 1.49. The molecule has 0 aliphatic carbocycles. The van der Waals surface area contributed by atoms with Gasteiger partial charge in [0.15, 0.2) is 0 Å². The monoisotopic (exact) mass is 255 g/mol. The van der Waals surface area contributed by atoms with Crippen LogP contribution in [0.15, 0.2) is 0 Å². The molecule has 2 rings (SSSR count). The number of nitrogens with zero attached hydrogens (tertiary/aromatic N) is 2. The first-order valence-corrected chi connectivity index (χ1v) is 6.36. The average molecular weight is 256 g/mol. The third-order valence-corrected chi connectivity index (χ3v) is 3.80. The smallest absolute Gasteiger partial charge is 0.139 e. The Morgan fingerprint density at radius 2 is 2.41 bits per heavy atom. The fourth-order valence-electron chi connectivity index (χ4n) is 2.34. The Labute approximate surface area is 106 Å². The van der Waals surface area contributed by atoms with E-state index in [0.29, 0.717) is 23.8 Å². The summed E-state index contributed by atoms with van der Waals surface area (Å²) in [6.45, 7) is 3.85. The standard InChI is InChI=1S/C12H18ClN3O/c1-8-12(13)11(16(2)15-8)6-10(17)5-9-3-4-14-7-9/h9,14H,3-7H2,1-2H3. The second-order valence-electron chi connectivity index (χ2n) is 4.75. The van der Waals surface area contributed by atoms with Crippen molar-refractivity contribution in [3.05, 3.63) is 16.4 Å². The molecule has 1 saturated heterocycles. The number of nitrogens with one attached hydrogen (secondary N) is 1. The van der Waals surface area contributed by atoms with E-state index in [1.165, 1.54) is 0 Å². The topological polar surface area (TPSA) is 46.9 Å². The minimum atomic E-state index is 0.253. The van der Waals surface area contributed by atoms with Gasteiger partial charge in [0.1, 0.15) is 5.78 Å². The Hall–Kier alpha value is -0.870. The van der Waals surface area contributed by atoms with E-state index in [4.69, 9.17) is 11.6 Å². The molecule has 0 radical (unpaired) electrons. The Balaban J connectivity index is 1.97. The van der Waals surface area contributed by atoms with Crippen LogP contribution in [0, 0.1) is 12.8 Å². The molecule has 4 nitrogen and oxygen atoms in total. The van der Waals surface area contributed by atoms with Crippen LogP contribution in [-0.4, -0.2) is 28.7 Å². The van der Waals surface area contributed by atoms with Crippen LogP contribution in [0.5, 0.6) is 0 Å². The van der Waals surface area contributed by atoms with Gasteiger partial charge in [-0.15, -0.1) is 0 Å². The Morgan fingerprint density at radius 1 is 1.65 bits per heavy atom. The van der Waals surface area contributed by atoms with E-state index < -0.39 is 0 Å². The molecule has 0 spiro atoms. The number of carbonyl (C=O) groups is 1. The van der Waals surface area contributed by atoms with Gasteiger partial charge in [-0.25, -0.2) is 0 Å². The third-order valence-electron chi connectivity index (χ3n) is 3.30. The summed E-state index contributed by atoms with van der Waals surface area (Å²) in [5.41, 5.74) is 1.62. The molecule has 0 bridgehead atoms. The van der Waals surface area contributed by atoms with Crippen molar-refractivity contribution in [2.45, 2.75) is 26.2 Å². The van der Waals surface area contributed by atoms with E-state index in [-0.39, 0.29) is 5.78 Å². The van der Waals surface area contributed by atoms with Crippen molar-refractivity contribution >= 4 is 17.4 Å². The van der Waals surface area contributed by atoms with E-state index in [1.807, 2.05) is 14.0 Å². The molecule has 0 aromatic carbocycles. The number of rotatable bonds is 4. The second kappa shape index (κ2) is 5.19. The molecular formula is C12H18ClN3O. The van der Waals surface area contributed by atoms with Gasteiger partial charge in [0.25, 0.3) is 0 Å². The van der Waals surface area contributed by atoms with Crippen LogP contribution in [0.3, 0.4) is 0 Å². The van der Waals surface area contributed by atoms with E-state index in [2.05, 4.69) is 10.4 Å². The lowest BCUT2D eigenvalue weighted by Gasteiger charge is -2.07. The molecule has 94 valence electrons. The van der Waals surface area contributed by atoms with E-state index in [9.17, 15) is 4.79 Å². The second-order valence-corrected chi connectivity index (χ2v) is 5.13. The van der Waals surface area contributed by atoms with Crippen LogP contribution < -0.4 is 5.32 Å². The third kappa shape index (κ3) is 2.87. The maximum atomic E-state index is 12.0. The van der Waals surface area contributed by atoms with E-state index >= 15 is 0 Å². The number of hydrogen-bond acceptors (Lipinski definition) is 3. The number of aromatic nitrogens is 2. The molecule has 0 saturated carbocycles. The first-order chi connectivity index (χ1) is 8.08. The van der Waals surface area contributed by atoms with Gasteiger partial charge in [-0.2, -0.15) is 5.10 Å². The minimum absolute atomic E-state index is 0.253. The van der Waals surface area contributed by atoms with Crippen LogP contribution in [0.25, 0.3) is 0 Å². The molecule has 1 atom stereocenters. The Morgan fingerprint density at radius 3 is 2.94 bits per heavy atom. The predicted molar refractivity (Wildman–Crippen MR) is 67.3 cm³/mol. The molecule has 1 aromatic rings. The zero-order valence-corrected chi connectivity index (χ0v) is 11.0. The lowest BCUT2D eigenvalue weighted by molar-refractivity contribution is -0.119. The molecule has 5 heteroatoms. The number of hydrogen-bond donors (Lipinski definition) is 1. The highest BCUT2D eigenvalue weighted by atomic mass is 35.5. The quantitative estimate of drug-likeness (QED) is 0.887. The van der Waals surface area contributed by atoms with Crippen molar-refractivity contribution in [2.24, 2.45) is 13.0 Å². The lowest BCUT2D eigenvalue weighted by atomic mass is 9.99. The van der Waals surface area contributed by atoms with Gasteiger partial charge in [0.05, 0.1) is 16.4 Å². The SMILES string of the molecule is Cc1nn(C)c(CC(=O)CC2CCNC2)c1Cl. The van der Waals surface area contributed by atoms with Gasteiger partial charge < -0.3 is 5.32 Å². The summed E-state index contributed by atoms with van der Waals surface area (Å²) in [5.74, 6) is 0.749. The van der Waals surface area contributed by atoms with Gasteiger partial charge in [-0.3, -0.25) is 9.48 Å². The fraction of sp³-hybridized carbons (Fsp3) is 0.667. The Kier molecular flexibility index (Phi) is 3.84. The molecule has 1 aromatic heterocycles. The summed E-state index contributed by atoms with van der Waals surface area (Å²) in [6, 6.07) is 0. The van der Waals surface area contributed by atoms with Crippen molar-refractivity contribution in [2.75, 3.05) is 13.1 Å². The molecular weight excluding hydrogens is 238 g/mol. The molecule has 2 heterocycles. The van der Waals surface area contributed by atoms with E-state index in [0.717, 1.165) is 30.9 Å². The normalized spacial score (nSPS) is 19.8. The summed E-state index contributed by atoms with van der Waals surface area (Å²) in [7, 11) is 1.83. The molecule has 1 unspecified atom stereocenters. The summed E-state index contributed by atoms with van der Waals surface area (Å²) >= 11 is 6.13. The van der Waals surface area contributed by atoms with Crippen molar-refractivity contribution in [3.8, 4) is 0 Å². The maximum Gasteiger partial charge on any atom is 0.139 e. The number of aryl methyl sites for hydroxylation is 2. The molecule has 0 amide bonds. The van der Waals surface area contributed by atoms with Gasteiger partial charge in [0.2, 0.25) is 0 Å².